The molecule has 18 heavy (non-hydrogen) atoms. The van der Waals surface area contributed by atoms with Gasteiger partial charge in [0, 0.05) is 12.6 Å². The Kier molecular flexibility index (Phi) is 3.93. The van der Waals surface area contributed by atoms with Crippen LogP contribution in [0.4, 0.5) is 0 Å². The molecule has 0 saturated heterocycles. The lowest BCUT2D eigenvalue weighted by Crippen LogP contribution is -2.18. The number of hydrogen-bond acceptors (Lipinski definition) is 4. The van der Waals surface area contributed by atoms with Crippen LogP contribution >= 0.6 is 27.3 Å². The predicted octanol–water partition coefficient (Wildman–Crippen LogP) is 2.32. The van der Waals surface area contributed by atoms with Crippen LogP contribution in [0, 0.1) is 6.92 Å². The molecule has 0 aliphatic carbocycles. The first-order valence-corrected chi connectivity index (χ1v) is 6.88. The van der Waals surface area contributed by atoms with Gasteiger partial charge < -0.3 is 0 Å². The van der Waals surface area contributed by atoms with Crippen LogP contribution in [-0.4, -0.2) is 21.9 Å². The molecule has 0 radical (unpaired) electrons. The molecule has 0 atom stereocenters. The molecule has 0 aromatic carbocycles. The van der Waals surface area contributed by atoms with Crippen LogP contribution < -0.4 is 5.43 Å². The highest BCUT2D eigenvalue weighted by Gasteiger charge is 2.16. The van der Waals surface area contributed by atoms with Gasteiger partial charge in [0.05, 0.1) is 16.4 Å². The molecule has 0 fully saturated rings. The summed E-state index contributed by atoms with van der Waals surface area (Å²) in [6, 6.07) is 1.92. The SMILES string of the molecule is Cc1c(Br)c(C(=O)NN=Cc2ccsc2)nn1C. The van der Waals surface area contributed by atoms with Crippen molar-refractivity contribution in [3.63, 3.8) is 0 Å². The third kappa shape index (κ3) is 2.68. The fraction of sp³-hybridized carbons (Fsp3) is 0.182. The highest BCUT2D eigenvalue weighted by atomic mass is 79.9. The Morgan fingerprint density at radius 3 is 3.00 bits per heavy atom. The van der Waals surface area contributed by atoms with E-state index in [-0.39, 0.29) is 5.91 Å². The molecule has 1 N–H and O–H groups in total. The van der Waals surface area contributed by atoms with Crippen molar-refractivity contribution in [3.8, 4) is 0 Å². The summed E-state index contributed by atoms with van der Waals surface area (Å²) in [5.74, 6) is -0.336. The highest BCUT2D eigenvalue weighted by Crippen LogP contribution is 2.19. The topological polar surface area (TPSA) is 59.3 Å². The zero-order valence-electron chi connectivity index (χ0n) is 9.85. The molecule has 0 saturated carbocycles. The molecule has 0 spiro atoms. The molecule has 5 nitrogen and oxygen atoms in total. The number of aromatic nitrogens is 2. The van der Waals surface area contributed by atoms with Gasteiger partial charge in [-0.3, -0.25) is 9.48 Å². The number of halogens is 1. The van der Waals surface area contributed by atoms with Crippen molar-refractivity contribution in [2.45, 2.75) is 6.92 Å². The van der Waals surface area contributed by atoms with Gasteiger partial charge in [-0.15, -0.1) is 0 Å². The number of amides is 1. The van der Waals surface area contributed by atoms with Gasteiger partial charge in [0.2, 0.25) is 0 Å². The normalized spacial score (nSPS) is 11.1. The molecule has 0 bridgehead atoms. The maximum absolute atomic E-state index is 11.8. The van der Waals surface area contributed by atoms with Gasteiger partial charge in [-0.2, -0.15) is 21.5 Å². The quantitative estimate of drug-likeness (QED) is 0.695. The fourth-order valence-electron chi connectivity index (χ4n) is 1.29. The zero-order valence-corrected chi connectivity index (χ0v) is 12.2. The van der Waals surface area contributed by atoms with E-state index in [0.717, 1.165) is 11.3 Å². The average molecular weight is 327 g/mol. The van der Waals surface area contributed by atoms with Crippen molar-refractivity contribution >= 4 is 39.4 Å². The van der Waals surface area contributed by atoms with Crippen LogP contribution in [0.15, 0.2) is 26.4 Å². The molecular weight excluding hydrogens is 316 g/mol. The molecule has 1 amide bonds. The van der Waals surface area contributed by atoms with Crippen molar-refractivity contribution in [3.05, 3.63) is 38.3 Å². The van der Waals surface area contributed by atoms with Crippen LogP contribution in [-0.2, 0) is 7.05 Å². The van der Waals surface area contributed by atoms with Gasteiger partial charge in [0.25, 0.3) is 5.91 Å². The van der Waals surface area contributed by atoms with Crippen LogP contribution in [0.5, 0.6) is 0 Å². The number of carbonyl (C=O) groups is 1. The molecule has 94 valence electrons. The number of nitrogens with one attached hydrogen (secondary N) is 1. The second-order valence-corrected chi connectivity index (χ2v) is 5.20. The minimum absolute atomic E-state index is 0.331. The summed E-state index contributed by atoms with van der Waals surface area (Å²) in [6.07, 6.45) is 1.60. The van der Waals surface area contributed by atoms with E-state index in [9.17, 15) is 4.79 Å². The number of aryl methyl sites for hydroxylation is 1. The lowest BCUT2D eigenvalue weighted by atomic mass is 10.3. The average Bonchev–Trinajstić information content (AvgIpc) is 2.94. The van der Waals surface area contributed by atoms with E-state index in [1.165, 1.54) is 0 Å². The molecular formula is C11H11BrN4OS. The number of nitrogens with zero attached hydrogens (tertiary/aromatic N) is 3. The summed E-state index contributed by atoms with van der Waals surface area (Å²) in [7, 11) is 1.78. The number of thiophene rings is 1. The first-order chi connectivity index (χ1) is 8.59. The Morgan fingerprint density at radius 2 is 2.44 bits per heavy atom. The zero-order chi connectivity index (χ0) is 13.1. The Hall–Kier alpha value is -1.47. The van der Waals surface area contributed by atoms with Crippen LogP contribution in [0.2, 0.25) is 0 Å². The maximum atomic E-state index is 11.8. The number of hydrogen-bond donors (Lipinski definition) is 1. The summed E-state index contributed by atoms with van der Waals surface area (Å²) >= 11 is 4.91. The lowest BCUT2D eigenvalue weighted by molar-refractivity contribution is 0.0948. The Labute approximate surface area is 117 Å². The van der Waals surface area contributed by atoms with Gasteiger partial charge in [0.15, 0.2) is 5.69 Å². The van der Waals surface area contributed by atoms with E-state index in [1.807, 2.05) is 23.8 Å². The molecule has 7 heteroatoms. The summed E-state index contributed by atoms with van der Waals surface area (Å²) in [5, 5.41) is 11.9. The predicted molar refractivity (Wildman–Crippen MR) is 75.0 cm³/mol. The van der Waals surface area contributed by atoms with Crippen molar-refractivity contribution in [1.29, 1.82) is 0 Å². The molecule has 2 heterocycles. The maximum Gasteiger partial charge on any atom is 0.293 e. The Morgan fingerprint density at radius 1 is 1.67 bits per heavy atom. The number of carbonyl (C=O) groups excluding carboxylic acids is 1. The second-order valence-electron chi connectivity index (χ2n) is 3.63. The van der Waals surface area contributed by atoms with Gasteiger partial charge in [-0.25, -0.2) is 5.43 Å². The molecule has 2 aromatic heterocycles. The van der Waals surface area contributed by atoms with Gasteiger partial charge in [-0.05, 0) is 39.7 Å². The van der Waals surface area contributed by atoms with Crippen molar-refractivity contribution in [2.24, 2.45) is 12.1 Å². The molecule has 2 aromatic rings. The molecule has 2 rings (SSSR count). The largest absolute Gasteiger partial charge is 0.293 e. The van der Waals surface area contributed by atoms with Crippen LogP contribution in [0.3, 0.4) is 0 Å². The molecule has 0 aliphatic heterocycles. The third-order valence-electron chi connectivity index (χ3n) is 2.40. The summed E-state index contributed by atoms with van der Waals surface area (Å²) in [4.78, 5) is 11.8. The minimum Gasteiger partial charge on any atom is -0.271 e. The smallest absolute Gasteiger partial charge is 0.271 e. The van der Waals surface area contributed by atoms with E-state index < -0.39 is 0 Å². The van der Waals surface area contributed by atoms with Crippen LogP contribution in [0.1, 0.15) is 21.7 Å². The third-order valence-corrected chi connectivity index (χ3v) is 4.05. The summed E-state index contributed by atoms with van der Waals surface area (Å²) < 4.78 is 2.33. The van der Waals surface area contributed by atoms with Gasteiger partial charge >= 0.3 is 0 Å². The first kappa shape index (κ1) is 13.0. The standard InChI is InChI=1S/C11H11BrN4OS/c1-7-9(12)10(15-16(7)2)11(17)14-13-5-8-3-4-18-6-8/h3-6H,1-2H3,(H,14,17). The van der Waals surface area contributed by atoms with E-state index in [0.29, 0.717) is 10.2 Å². The van der Waals surface area contributed by atoms with E-state index >= 15 is 0 Å². The number of hydrazone groups is 1. The van der Waals surface area contributed by atoms with E-state index in [4.69, 9.17) is 0 Å². The van der Waals surface area contributed by atoms with Crippen molar-refractivity contribution < 1.29 is 4.79 Å². The highest BCUT2D eigenvalue weighted by molar-refractivity contribution is 9.10. The van der Waals surface area contributed by atoms with E-state index in [1.54, 1.807) is 29.3 Å². The second kappa shape index (κ2) is 5.45. The Bertz CT molecular complexity index is 588. The fourth-order valence-corrected chi connectivity index (χ4v) is 2.42. The molecule has 0 unspecified atom stereocenters. The molecule has 0 aliphatic rings. The van der Waals surface area contributed by atoms with Crippen molar-refractivity contribution in [2.75, 3.05) is 0 Å². The minimum atomic E-state index is -0.336. The first-order valence-electron chi connectivity index (χ1n) is 5.14. The van der Waals surface area contributed by atoms with Gasteiger partial charge in [0.1, 0.15) is 0 Å². The monoisotopic (exact) mass is 326 g/mol. The Balaban J connectivity index is 2.06. The van der Waals surface area contributed by atoms with Crippen LogP contribution in [0.25, 0.3) is 0 Å². The summed E-state index contributed by atoms with van der Waals surface area (Å²) in [5.41, 5.74) is 4.62. The lowest BCUT2D eigenvalue weighted by Gasteiger charge is -1.95. The summed E-state index contributed by atoms with van der Waals surface area (Å²) in [6.45, 7) is 1.88. The van der Waals surface area contributed by atoms with Gasteiger partial charge in [-0.1, -0.05) is 0 Å². The van der Waals surface area contributed by atoms with E-state index in [2.05, 4.69) is 31.6 Å². The van der Waals surface area contributed by atoms with Crippen molar-refractivity contribution in [1.82, 2.24) is 15.2 Å². The number of rotatable bonds is 3.